The third-order valence-corrected chi connectivity index (χ3v) is 4.79. The Labute approximate surface area is 163 Å². The molecule has 1 N–H and O–H groups in total. The Morgan fingerprint density at radius 1 is 1.38 bits per heavy atom. The number of benzene rings is 1. The van der Waals surface area contributed by atoms with Gasteiger partial charge in [-0.3, -0.25) is 19.3 Å². The third-order valence-electron chi connectivity index (χ3n) is 3.19. The fraction of sp³-hybridized carbons (Fsp3) is 0.353. The molecule has 0 spiro atoms. The molecule has 0 unspecified atom stereocenters. The monoisotopic (exact) mass is 443 g/mol. The van der Waals surface area contributed by atoms with Gasteiger partial charge in [0, 0.05) is 4.47 Å². The van der Waals surface area contributed by atoms with E-state index in [1.165, 1.54) is 12.1 Å². The van der Waals surface area contributed by atoms with Crippen LogP contribution in [0.4, 0.5) is 4.79 Å². The molecule has 1 fully saturated rings. The number of hydrogen-bond acceptors (Lipinski definition) is 7. The molecule has 1 aliphatic rings. The first-order valence-electron chi connectivity index (χ1n) is 7.83. The minimum absolute atomic E-state index is 0.0413. The number of phenols is 1. The zero-order chi connectivity index (χ0) is 19.4. The summed E-state index contributed by atoms with van der Waals surface area (Å²) in [5.74, 6) is -0.992. The van der Waals surface area contributed by atoms with E-state index in [1.807, 2.05) is 0 Å². The molecule has 1 aliphatic heterocycles. The van der Waals surface area contributed by atoms with Crippen molar-refractivity contribution in [3.8, 4) is 11.5 Å². The van der Waals surface area contributed by atoms with Crippen molar-refractivity contribution in [1.29, 1.82) is 0 Å². The lowest BCUT2D eigenvalue weighted by Crippen LogP contribution is -2.35. The predicted molar refractivity (Wildman–Crippen MR) is 101 cm³/mol. The first kappa shape index (κ1) is 20.3. The summed E-state index contributed by atoms with van der Waals surface area (Å²) >= 11 is 4.04. The molecule has 0 atom stereocenters. The molecular formula is C17H18BrNO6S. The molecule has 0 saturated carbocycles. The van der Waals surface area contributed by atoms with Crippen LogP contribution in [0.2, 0.25) is 0 Å². The molecule has 0 bridgehead atoms. The maximum Gasteiger partial charge on any atom is 0.326 e. The number of imide groups is 1. The lowest BCUT2D eigenvalue weighted by Gasteiger charge is -2.13. The van der Waals surface area contributed by atoms with Gasteiger partial charge < -0.3 is 14.6 Å². The molecule has 140 valence electrons. The fourth-order valence-corrected chi connectivity index (χ4v) is 3.42. The van der Waals surface area contributed by atoms with Gasteiger partial charge in [0.1, 0.15) is 6.54 Å². The smallest absolute Gasteiger partial charge is 0.326 e. The van der Waals surface area contributed by atoms with E-state index in [0.29, 0.717) is 16.6 Å². The molecule has 7 nitrogen and oxygen atoms in total. The summed E-state index contributed by atoms with van der Waals surface area (Å²) in [7, 11) is 0. The van der Waals surface area contributed by atoms with Crippen molar-refractivity contribution in [2.75, 3.05) is 13.2 Å². The summed E-state index contributed by atoms with van der Waals surface area (Å²) in [6.07, 6.45) is 1.17. The summed E-state index contributed by atoms with van der Waals surface area (Å²) in [5, 5.41) is 9.31. The van der Waals surface area contributed by atoms with Crippen molar-refractivity contribution in [3.05, 3.63) is 27.1 Å². The van der Waals surface area contributed by atoms with Crippen LogP contribution in [-0.2, 0) is 14.3 Å². The summed E-state index contributed by atoms with van der Waals surface area (Å²) < 4.78 is 10.8. The molecule has 0 aromatic heterocycles. The van der Waals surface area contributed by atoms with Gasteiger partial charge in [0.25, 0.3) is 11.1 Å². The van der Waals surface area contributed by atoms with Crippen LogP contribution in [0, 0.1) is 0 Å². The molecular weight excluding hydrogens is 426 g/mol. The zero-order valence-corrected chi connectivity index (χ0v) is 16.8. The highest BCUT2D eigenvalue weighted by Gasteiger charge is 2.37. The van der Waals surface area contributed by atoms with Crippen molar-refractivity contribution in [1.82, 2.24) is 4.90 Å². The van der Waals surface area contributed by atoms with E-state index < -0.39 is 23.7 Å². The van der Waals surface area contributed by atoms with E-state index in [2.05, 4.69) is 15.9 Å². The number of halogens is 1. The maximum atomic E-state index is 12.4. The van der Waals surface area contributed by atoms with Crippen molar-refractivity contribution in [2.24, 2.45) is 0 Å². The van der Waals surface area contributed by atoms with E-state index >= 15 is 0 Å². The highest BCUT2D eigenvalue weighted by Crippen LogP contribution is 2.37. The zero-order valence-electron chi connectivity index (χ0n) is 14.4. The summed E-state index contributed by atoms with van der Waals surface area (Å²) in [6.45, 7) is 5.08. The van der Waals surface area contributed by atoms with Crippen LogP contribution in [-0.4, -0.2) is 46.4 Å². The standard InChI is InChI=1S/C17H18BrNO6S/c1-4-24-13-5-10(11(18)7-12(13)20)6-14-16(22)19(17(23)26-14)8-15(21)25-9(2)3/h5-7,9,20H,4,8H2,1-3H3/b14-6+. The molecule has 26 heavy (non-hydrogen) atoms. The molecule has 0 radical (unpaired) electrons. The van der Waals surface area contributed by atoms with Crippen molar-refractivity contribution in [3.63, 3.8) is 0 Å². The molecule has 0 aliphatic carbocycles. The minimum atomic E-state index is -0.645. The quantitative estimate of drug-likeness (QED) is 0.530. The number of phenolic OH excluding ortho intramolecular Hbond substituents is 1. The second kappa shape index (κ2) is 8.59. The van der Waals surface area contributed by atoms with Crippen molar-refractivity contribution in [2.45, 2.75) is 26.9 Å². The average molecular weight is 444 g/mol. The Balaban J connectivity index is 2.24. The highest BCUT2D eigenvalue weighted by molar-refractivity contribution is 9.10. The van der Waals surface area contributed by atoms with Gasteiger partial charge in [-0.05, 0) is 56.3 Å². The summed E-state index contributed by atoms with van der Waals surface area (Å²) in [5.41, 5.74) is 0.557. The number of esters is 1. The van der Waals surface area contributed by atoms with Gasteiger partial charge in [-0.25, -0.2) is 0 Å². The molecule has 2 amide bonds. The van der Waals surface area contributed by atoms with Gasteiger partial charge in [0.2, 0.25) is 0 Å². The first-order chi connectivity index (χ1) is 12.2. The SMILES string of the molecule is CCOc1cc(/C=C2/SC(=O)N(CC(=O)OC(C)C)C2=O)c(Br)cc1O. The number of hydrogen-bond donors (Lipinski definition) is 1. The Kier molecular flexibility index (Phi) is 6.71. The van der Waals surface area contributed by atoms with E-state index in [1.54, 1.807) is 26.8 Å². The molecule has 2 rings (SSSR count). The van der Waals surface area contributed by atoms with Gasteiger partial charge in [-0.2, -0.15) is 0 Å². The normalized spacial score (nSPS) is 15.9. The lowest BCUT2D eigenvalue weighted by molar-refractivity contribution is -0.149. The molecule has 1 aromatic rings. The van der Waals surface area contributed by atoms with Crippen LogP contribution < -0.4 is 4.74 Å². The van der Waals surface area contributed by atoms with Crippen LogP contribution >= 0.6 is 27.7 Å². The minimum Gasteiger partial charge on any atom is -0.504 e. The van der Waals surface area contributed by atoms with E-state index in [9.17, 15) is 19.5 Å². The Hall–Kier alpha value is -2.00. The van der Waals surface area contributed by atoms with Crippen LogP contribution in [0.5, 0.6) is 11.5 Å². The van der Waals surface area contributed by atoms with Crippen molar-refractivity contribution < 1.29 is 29.0 Å². The Morgan fingerprint density at radius 3 is 2.69 bits per heavy atom. The van der Waals surface area contributed by atoms with E-state index in [-0.39, 0.29) is 22.5 Å². The number of aromatic hydroxyl groups is 1. The van der Waals surface area contributed by atoms with E-state index in [4.69, 9.17) is 9.47 Å². The summed E-state index contributed by atoms with van der Waals surface area (Å²) in [6, 6.07) is 3.00. The topological polar surface area (TPSA) is 93.1 Å². The second-order valence-corrected chi connectivity index (χ2v) is 7.43. The van der Waals surface area contributed by atoms with Gasteiger partial charge in [-0.1, -0.05) is 15.9 Å². The van der Waals surface area contributed by atoms with Gasteiger partial charge in [-0.15, -0.1) is 0 Å². The van der Waals surface area contributed by atoms with Crippen LogP contribution in [0.25, 0.3) is 6.08 Å². The number of carbonyl (C=O) groups excluding carboxylic acids is 3. The second-order valence-electron chi connectivity index (χ2n) is 5.58. The summed E-state index contributed by atoms with van der Waals surface area (Å²) in [4.78, 5) is 37.2. The molecule has 1 heterocycles. The van der Waals surface area contributed by atoms with Crippen molar-refractivity contribution >= 4 is 50.9 Å². The number of thioether (sulfide) groups is 1. The average Bonchev–Trinajstić information content (AvgIpc) is 2.79. The number of nitrogens with zero attached hydrogens (tertiary/aromatic N) is 1. The maximum absolute atomic E-state index is 12.4. The van der Waals surface area contributed by atoms with Crippen LogP contribution in [0.1, 0.15) is 26.3 Å². The largest absolute Gasteiger partial charge is 0.504 e. The number of amides is 2. The first-order valence-corrected chi connectivity index (χ1v) is 9.44. The van der Waals surface area contributed by atoms with Crippen LogP contribution in [0.3, 0.4) is 0 Å². The number of carbonyl (C=O) groups is 3. The third kappa shape index (κ3) is 4.79. The number of ether oxygens (including phenoxy) is 2. The predicted octanol–water partition coefficient (Wildman–Crippen LogP) is 3.54. The lowest BCUT2D eigenvalue weighted by atomic mass is 10.2. The molecule has 1 saturated heterocycles. The Morgan fingerprint density at radius 2 is 2.08 bits per heavy atom. The fourth-order valence-electron chi connectivity index (χ4n) is 2.15. The van der Waals surface area contributed by atoms with E-state index in [0.717, 1.165) is 16.7 Å². The van der Waals surface area contributed by atoms with Crippen LogP contribution in [0.15, 0.2) is 21.5 Å². The van der Waals surface area contributed by atoms with Gasteiger partial charge in [0.15, 0.2) is 11.5 Å². The van der Waals surface area contributed by atoms with Gasteiger partial charge >= 0.3 is 5.97 Å². The molecule has 9 heteroatoms. The van der Waals surface area contributed by atoms with Gasteiger partial charge in [0.05, 0.1) is 17.6 Å². The number of rotatable bonds is 6. The highest BCUT2D eigenvalue weighted by atomic mass is 79.9. The Bertz CT molecular complexity index is 777. The molecule has 1 aromatic carbocycles.